The number of hydrogen-bond donors (Lipinski definition) is 1. The van der Waals surface area contributed by atoms with Gasteiger partial charge in [-0.05, 0) is 42.9 Å². The fourth-order valence-corrected chi connectivity index (χ4v) is 4.92. The lowest BCUT2D eigenvalue weighted by atomic mass is 9.98. The Morgan fingerprint density at radius 1 is 1.06 bits per heavy atom. The highest BCUT2D eigenvalue weighted by Crippen LogP contribution is 2.29. The number of carbonyl (C=O) groups is 1. The minimum atomic E-state index is -3.96. The second-order valence-corrected chi connectivity index (χ2v) is 9.60. The number of piperidine rings is 1. The molecule has 0 radical (unpaired) electrons. The molecular weight excluding hydrogens is 416 g/mol. The van der Waals surface area contributed by atoms with E-state index in [0.29, 0.717) is 30.5 Å². The van der Waals surface area contributed by atoms with E-state index >= 15 is 0 Å². The first-order valence-electron chi connectivity index (χ1n) is 10.4. The number of rotatable bonds is 8. The maximum absolute atomic E-state index is 13.3. The van der Waals surface area contributed by atoms with Crippen molar-refractivity contribution in [3.05, 3.63) is 54.1 Å². The molecule has 31 heavy (non-hydrogen) atoms. The van der Waals surface area contributed by atoms with Crippen LogP contribution in [-0.2, 0) is 21.2 Å². The normalized spacial score (nSPS) is 16.0. The van der Waals surface area contributed by atoms with E-state index in [-0.39, 0.29) is 17.2 Å². The summed E-state index contributed by atoms with van der Waals surface area (Å²) in [6.45, 7) is 3.45. The van der Waals surface area contributed by atoms with E-state index in [1.54, 1.807) is 4.90 Å². The van der Waals surface area contributed by atoms with Gasteiger partial charge in [0, 0.05) is 19.2 Å². The smallest absolute Gasteiger partial charge is 0.241 e. The number of benzene rings is 2. The second-order valence-electron chi connectivity index (χ2n) is 7.89. The molecule has 0 spiro atoms. The summed E-state index contributed by atoms with van der Waals surface area (Å²) >= 11 is 0. The molecule has 2 aromatic carbocycles. The highest BCUT2D eigenvalue weighted by Gasteiger charge is 2.31. The Morgan fingerprint density at radius 2 is 1.71 bits per heavy atom. The average molecular weight is 447 g/mol. The fourth-order valence-electron chi connectivity index (χ4n) is 3.72. The van der Waals surface area contributed by atoms with Crippen molar-refractivity contribution in [3.63, 3.8) is 0 Å². The Hall–Kier alpha value is -2.58. The van der Waals surface area contributed by atoms with E-state index in [4.69, 9.17) is 9.47 Å². The first-order valence-corrected chi connectivity index (χ1v) is 11.9. The van der Waals surface area contributed by atoms with E-state index in [1.165, 1.54) is 32.4 Å². The molecule has 7 nitrogen and oxygen atoms in total. The summed E-state index contributed by atoms with van der Waals surface area (Å²) in [5.41, 5.74) is 0.890. The Morgan fingerprint density at radius 3 is 2.32 bits per heavy atom. The van der Waals surface area contributed by atoms with Crippen molar-refractivity contribution in [1.29, 1.82) is 0 Å². The Balaban J connectivity index is 1.87. The molecule has 1 saturated heterocycles. The van der Waals surface area contributed by atoms with Gasteiger partial charge in [-0.15, -0.1) is 0 Å². The van der Waals surface area contributed by atoms with Crippen LogP contribution < -0.4 is 14.2 Å². The van der Waals surface area contributed by atoms with Crippen LogP contribution in [0.1, 0.15) is 25.3 Å². The predicted molar refractivity (Wildman–Crippen MR) is 119 cm³/mol. The number of ether oxygens (including phenoxy) is 2. The van der Waals surface area contributed by atoms with Gasteiger partial charge in [0.05, 0.1) is 19.1 Å². The van der Waals surface area contributed by atoms with Crippen LogP contribution in [0, 0.1) is 5.92 Å². The molecule has 8 heteroatoms. The van der Waals surface area contributed by atoms with Crippen LogP contribution in [0.25, 0.3) is 0 Å². The minimum Gasteiger partial charge on any atom is -0.493 e. The van der Waals surface area contributed by atoms with Gasteiger partial charge in [-0.3, -0.25) is 4.79 Å². The van der Waals surface area contributed by atoms with Crippen molar-refractivity contribution in [1.82, 2.24) is 9.62 Å². The van der Waals surface area contributed by atoms with Crippen molar-refractivity contribution in [3.8, 4) is 11.5 Å². The fraction of sp³-hybridized carbons (Fsp3) is 0.435. The number of amides is 1. The number of sulfonamides is 1. The number of carbonyl (C=O) groups excluding carboxylic acids is 1. The summed E-state index contributed by atoms with van der Waals surface area (Å²) in [6, 6.07) is 12.9. The lowest BCUT2D eigenvalue weighted by Gasteiger charge is -2.33. The summed E-state index contributed by atoms with van der Waals surface area (Å²) in [5.74, 6) is 1.11. The Kier molecular flexibility index (Phi) is 7.56. The summed E-state index contributed by atoms with van der Waals surface area (Å²) in [4.78, 5) is 15.1. The van der Waals surface area contributed by atoms with E-state index in [2.05, 4.69) is 11.6 Å². The van der Waals surface area contributed by atoms with Gasteiger partial charge in [0.2, 0.25) is 15.9 Å². The van der Waals surface area contributed by atoms with Crippen LogP contribution in [0.3, 0.4) is 0 Å². The monoisotopic (exact) mass is 446 g/mol. The molecule has 168 valence electrons. The Bertz CT molecular complexity index is 986. The van der Waals surface area contributed by atoms with Crippen LogP contribution >= 0.6 is 0 Å². The number of hydrogen-bond acceptors (Lipinski definition) is 5. The predicted octanol–water partition coefficient (Wildman–Crippen LogP) is 2.85. The van der Waals surface area contributed by atoms with Crippen molar-refractivity contribution in [2.75, 3.05) is 27.3 Å². The molecule has 2 aromatic rings. The molecule has 1 atom stereocenters. The average Bonchev–Trinajstić information content (AvgIpc) is 2.78. The highest BCUT2D eigenvalue weighted by molar-refractivity contribution is 7.89. The molecule has 0 aliphatic carbocycles. The zero-order valence-corrected chi connectivity index (χ0v) is 19.0. The molecule has 1 aliphatic heterocycles. The number of likely N-dealkylation sites (tertiary alicyclic amines) is 1. The molecule has 3 rings (SSSR count). The van der Waals surface area contributed by atoms with E-state index in [1.807, 2.05) is 30.3 Å². The molecule has 0 aromatic heterocycles. The molecule has 1 heterocycles. The molecule has 1 unspecified atom stereocenters. The number of nitrogens with one attached hydrogen (secondary N) is 1. The van der Waals surface area contributed by atoms with Gasteiger partial charge in [0.1, 0.15) is 6.04 Å². The van der Waals surface area contributed by atoms with Gasteiger partial charge >= 0.3 is 0 Å². The van der Waals surface area contributed by atoms with Gasteiger partial charge in [-0.25, -0.2) is 8.42 Å². The third-order valence-electron chi connectivity index (χ3n) is 5.64. The molecular formula is C23H30N2O5S. The van der Waals surface area contributed by atoms with Gasteiger partial charge in [0.25, 0.3) is 0 Å². The van der Waals surface area contributed by atoms with E-state index in [0.717, 1.165) is 18.4 Å². The number of methoxy groups -OCH3 is 2. The van der Waals surface area contributed by atoms with E-state index in [9.17, 15) is 13.2 Å². The van der Waals surface area contributed by atoms with Crippen molar-refractivity contribution < 1.29 is 22.7 Å². The van der Waals surface area contributed by atoms with Crippen molar-refractivity contribution in [2.45, 2.75) is 37.1 Å². The van der Waals surface area contributed by atoms with Crippen LogP contribution in [-0.4, -0.2) is 52.6 Å². The standard InChI is InChI=1S/C23H30N2O5S/c1-17-11-13-25(14-12-17)23(26)20(15-18-7-5-4-6-8-18)24-31(27,28)19-9-10-21(29-2)22(16-19)30-3/h4-10,16-17,20,24H,11-15H2,1-3H3. The highest BCUT2D eigenvalue weighted by atomic mass is 32.2. The van der Waals surface area contributed by atoms with Crippen molar-refractivity contribution in [2.24, 2.45) is 5.92 Å². The van der Waals surface area contributed by atoms with Gasteiger partial charge < -0.3 is 14.4 Å². The second kappa shape index (κ2) is 10.2. The Labute approximate surface area is 184 Å². The minimum absolute atomic E-state index is 0.0169. The lowest BCUT2D eigenvalue weighted by Crippen LogP contribution is -2.51. The molecule has 1 aliphatic rings. The third kappa shape index (κ3) is 5.77. The molecule has 1 fully saturated rings. The SMILES string of the molecule is COc1ccc(S(=O)(=O)NC(Cc2ccccc2)C(=O)N2CCC(C)CC2)cc1OC. The topological polar surface area (TPSA) is 84.9 Å². The largest absolute Gasteiger partial charge is 0.493 e. The number of nitrogens with zero attached hydrogens (tertiary/aromatic N) is 1. The summed E-state index contributed by atoms with van der Waals surface area (Å²) in [7, 11) is -1.04. The molecule has 1 amide bonds. The van der Waals surface area contributed by atoms with Gasteiger partial charge in [-0.2, -0.15) is 4.72 Å². The summed E-state index contributed by atoms with van der Waals surface area (Å²) < 4.78 is 39.4. The molecule has 0 saturated carbocycles. The molecule has 1 N–H and O–H groups in total. The summed E-state index contributed by atoms with van der Waals surface area (Å²) in [5, 5.41) is 0. The van der Waals surface area contributed by atoms with Gasteiger partial charge in [-0.1, -0.05) is 37.3 Å². The van der Waals surface area contributed by atoms with Crippen molar-refractivity contribution >= 4 is 15.9 Å². The summed E-state index contributed by atoms with van der Waals surface area (Å²) in [6.07, 6.45) is 2.12. The first-order chi connectivity index (χ1) is 14.8. The third-order valence-corrected chi connectivity index (χ3v) is 7.11. The van der Waals surface area contributed by atoms with Crippen LogP contribution in [0.15, 0.2) is 53.4 Å². The van der Waals surface area contributed by atoms with E-state index < -0.39 is 16.1 Å². The molecule has 0 bridgehead atoms. The van der Waals surface area contributed by atoms with Crippen LogP contribution in [0.4, 0.5) is 0 Å². The quantitative estimate of drug-likeness (QED) is 0.674. The lowest BCUT2D eigenvalue weighted by molar-refractivity contribution is -0.134. The maximum Gasteiger partial charge on any atom is 0.241 e. The first kappa shape index (κ1) is 23.1. The van der Waals surface area contributed by atoms with Gasteiger partial charge in [0.15, 0.2) is 11.5 Å². The zero-order valence-electron chi connectivity index (χ0n) is 18.2. The van der Waals surface area contributed by atoms with Crippen LogP contribution in [0.5, 0.6) is 11.5 Å². The zero-order chi connectivity index (χ0) is 22.4. The maximum atomic E-state index is 13.3. The van der Waals surface area contributed by atoms with Crippen LogP contribution in [0.2, 0.25) is 0 Å².